The predicted octanol–water partition coefficient (Wildman–Crippen LogP) is 5.32. The standard InChI is InChI=1S/C21H18ClFN2O2S/c22-16-6-3-14(4-7-16)13-25-20(26)19(28-21(25)27)11-15-5-8-17(12-18(15)23)24-9-1-2-10-24/h3-8,11-12H,1-2,9-10,13H2/b19-11+. The van der Waals surface area contributed by atoms with Crippen LogP contribution in [0.2, 0.25) is 5.02 Å². The Labute approximate surface area is 172 Å². The number of carbonyl (C=O) groups is 2. The lowest BCUT2D eigenvalue weighted by molar-refractivity contribution is -0.123. The number of hydrogen-bond acceptors (Lipinski definition) is 4. The van der Waals surface area contributed by atoms with Crippen molar-refractivity contribution in [3.63, 3.8) is 0 Å². The normalized spacial score (nSPS) is 18.6. The van der Waals surface area contributed by atoms with Crippen molar-refractivity contribution in [2.24, 2.45) is 0 Å². The van der Waals surface area contributed by atoms with Gasteiger partial charge < -0.3 is 4.90 Å². The van der Waals surface area contributed by atoms with E-state index in [-0.39, 0.29) is 16.7 Å². The minimum absolute atomic E-state index is 0.162. The fraction of sp³-hybridized carbons (Fsp3) is 0.238. The predicted molar refractivity (Wildman–Crippen MR) is 111 cm³/mol. The molecule has 0 spiro atoms. The van der Waals surface area contributed by atoms with Crippen molar-refractivity contribution in [3.8, 4) is 0 Å². The quantitative estimate of drug-likeness (QED) is 0.633. The summed E-state index contributed by atoms with van der Waals surface area (Å²) in [6, 6.07) is 12.0. The van der Waals surface area contributed by atoms with Gasteiger partial charge in [-0.2, -0.15) is 0 Å². The molecule has 0 aromatic heterocycles. The second kappa shape index (κ2) is 7.97. The van der Waals surface area contributed by atoms with Gasteiger partial charge in [0.2, 0.25) is 0 Å². The molecule has 2 aromatic carbocycles. The number of amides is 2. The van der Waals surface area contributed by atoms with Gasteiger partial charge >= 0.3 is 0 Å². The summed E-state index contributed by atoms with van der Waals surface area (Å²) in [5.74, 6) is -0.804. The summed E-state index contributed by atoms with van der Waals surface area (Å²) in [6.45, 7) is 2.03. The average Bonchev–Trinajstić information content (AvgIpc) is 3.30. The van der Waals surface area contributed by atoms with Crippen molar-refractivity contribution in [2.75, 3.05) is 18.0 Å². The second-order valence-corrected chi connectivity index (χ2v) is 8.22. The molecule has 28 heavy (non-hydrogen) atoms. The highest BCUT2D eigenvalue weighted by atomic mass is 35.5. The molecule has 2 aliphatic heterocycles. The molecule has 2 heterocycles. The topological polar surface area (TPSA) is 40.6 Å². The van der Waals surface area contributed by atoms with E-state index in [0.717, 1.165) is 53.8 Å². The lowest BCUT2D eigenvalue weighted by atomic mass is 10.1. The van der Waals surface area contributed by atoms with E-state index < -0.39 is 11.7 Å². The first-order valence-corrected chi connectivity index (χ1v) is 10.2. The molecule has 2 amide bonds. The summed E-state index contributed by atoms with van der Waals surface area (Å²) in [5, 5.41) is 0.228. The number of imide groups is 1. The Morgan fingerprint density at radius 1 is 1.07 bits per heavy atom. The Hall–Kier alpha value is -2.31. The van der Waals surface area contributed by atoms with Crippen LogP contribution < -0.4 is 4.90 Å². The van der Waals surface area contributed by atoms with Gasteiger partial charge in [-0.1, -0.05) is 23.7 Å². The van der Waals surface area contributed by atoms with Gasteiger partial charge in [-0.3, -0.25) is 14.5 Å². The summed E-state index contributed by atoms with van der Waals surface area (Å²) < 4.78 is 14.6. The van der Waals surface area contributed by atoms with Gasteiger partial charge in [-0.15, -0.1) is 0 Å². The van der Waals surface area contributed by atoms with Gasteiger partial charge in [0.05, 0.1) is 11.4 Å². The van der Waals surface area contributed by atoms with E-state index >= 15 is 0 Å². The minimum atomic E-state index is -0.409. The van der Waals surface area contributed by atoms with Crippen LogP contribution in [0.5, 0.6) is 0 Å². The molecule has 2 saturated heterocycles. The molecule has 4 nitrogen and oxygen atoms in total. The highest BCUT2D eigenvalue weighted by molar-refractivity contribution is 8.18. The van der Waals surface area contributed by atoms with Crippen LogP contribution in [-0.2, 0) is 11.3 Å². The molecule has 0 radical (unpaired) electrons. The highest BCUT2D eigenvalue weighted by Gasteiger charge is 2.35. The van der Waals surface area contributed by atoms with Gasteiger partial charge in [0.25, 0.3) is 11.1 Å². The van der Waals surface area contributed by atoms with E-state index in [0.29, 0.717) is 10.6 Å². The van der Waals surface area contributed by atoms with Crippen LogP contribution in [0.25, 0.3) is 6.08 Å². The summed E-state index contributed by atoms with van der Waals surface area (Å²) in [5.41, 5.74) is 1.96. The summed E-state index contributed by atoms with van der Waals surface area (Å²) >= 11 is 6.70. The Bertz CT molecular complexity index is 955. The number of halogens is 2. The zero-order valence-electron chi connectivity index (χ0n) is 15.0. The van der Waals surface area contributed by atoms with Crippen LogP contribution in [0.3, 0.4) is 0 Å². The largest absolute Gasteiger partial charge is 0.371 e. The molecule has 4 rings (SSSR count). The summed E-state index contributed by atoms with van der Waals surface area (Å²) in [6.07, 6.45) is 3.68. The van der Waals surface area contributed by atoms with Crippen LogP contribution in [0.15, 0.2) is 47.4 Å². The SMILES string of the molecule is O=C1S/C(=C/c2ccc(N3CCCC3)cc2F)C(=O)N1Cc1ccc(Cl)cc1. The first-order valence-electron chi connectivity index (χ1n) is 9.05. The van der Waals surface area contributed by atoms with E-state index in [2.05, 4.69) is 4.90 Å². The molecule has 0 N–H and O–H groups in total. The average molecular weight is 417 g/mol. The van der Waals surface area contributed by atoms with Crippen molar-refractivity contribution in [1.82, 2.24) is 4.90 Å². The lowest BCUT2D eigenvalue weighted by Crippen LogP contribution is -2.27. The molecule has 0 saturated carbocycles. The smallest absolute Gasteiger partial charge is 0.293 e. The van der Waals surface area contributed by atoms with Crippen LogP contribution in [0.1, 0.15) is 24.0 Å². The van der Waals surface area contributed by atoms with Crippen LogP contribution in [0, 0.1) is 5.82 Å². The maximum absolute atomic E-state index is 14.6. The van der Waals surface area contributed by atoms with Gasteiger partial charge in [0.1, 0.15) is 5.82 Å². The molecule has 2 aromatic rings. The van der Waals surface area contributed by atoms with Crippen molar-refractivity contribution in [3.05, 3.63) is 69.3 Å². The first-order chi connectivity index (χ1) is 13.5. The third-order valence-corrected chi connectivity index (χ3v) is 6.03. The molecule has 0 atom stereocenters. The lowest BCUT2D eigenvalue weighted by Gasteiger charge is -2.17. The molecular formula is C21H18ClFN2O2S. The molecule has 7 heteroatoms. The zero-order valence-corrected chi connectivity index (χ0v) is 16.6. The number of rotatable bonds is 4. The highest BCUT2D eigenvalue weighted by Crippen LogP contribution is 2.34. The van der Waals surface area contributed by atoms with Crippen LogP contribution in [-0.4, -0.2) is 29.1 Å². The Balaban J connectivity index is 1.52. The Kier molecular flexibility index (Phi) is 5.42. The Morgan fingerprint density at radius 2 is 1.79 bits per heavy atom. The summed E-state index contributed by atoms with van der Waals surface area (Å²) in [4.78, 5) is 28.4. The second-order valence-electron chi connectivity index (χ2n) is 6.79. The number of hydrogen-bond donors (Lipinski definition) is 0. The molecule has 2 fully saturated rings. The monoisotopic (exact) mass is 416 g/mol. The van der Waals surface area contributed by atoms with Crippen molar-refractivity contribution in [2.45, 2.75) is 19.4 Å². The number of nitrogens with zero attached hydrogens (tertiary/aromatic N) is 2. The summed E-state index contributed by atoms with van der Waals surface area (Å²) in [7, 11) is 0. The molecule has 144 valence electrons. The van der Waals surface area contributed by atoms with Gasteiger partial charge in [-0.25, -0.2) is 4.39 Å². The number of thioether (sulfide) groups is 1. The fourth-order valence-electron chi connectivity index (χ4n) is 3.36. The van der Waals surface area contributed by atoms with Gasteiger partial charge in [0, 0.05) is 29.4 Å². The molecule has 2 aliphatic rings. The first kappa shape index (κ1) is 19.0. The van der Waals surface area contributed by atoms with Gasteiger partial charge in [-0.05, 0) is 66.6 Å². The zero-order chi connectivity index (χ0) is 19.7. The van der Waals surface area contributed by atoms with E-state index in [1.165, 1.54) is 12.1 Å². The van der Waals surface area contributed by atoms with Crippen LogP contribution >= 0.6 is 23.4 Å². The van der Waals surface area contributed by atoms with E-state index in [1.807, 2.05) is 6.07 Å². The van der Waals surface area contributed by atoms with Crippen LogP contribution in [0.4, 0.5) is 14.9 Å². The van der Waals surface area contributed by atoms with Crippen molar-refractivity contribution in [1.29, 1.82) is 0 Å². The maximum Gasteiger partial charge on any atom is 0.293 e. The van der Waals surface area contributed by atoms with E-state index in [4.69, 9.17) is 11.6 Å². The minimum Gasteiger partial charge on any atom is -0.371 e. The van der Waals surface area contributed by atoms with E-state index in [9.17, 15) is 14.0 Å². The molecule has 0 aliphatic carbocycles. The van der Waals surface area contributed by atoms with Crippen molar-refractivity contribution < 1.29 is 14.0 Å². The molecule has 0 bridgehead atoms. The fourth-order valence-corrected chi connectivity index (χ4v) is 4.31. The molecular weight excluding hydrogens is 399 g/mol. The van der Waals surface area contributed by atoms with E-state index in [1.54, 1.807) is 30.3 Å². The number of anilines is 1. The maximum atomic E-state index is 14.6. The molecule has 0 unspecified atom stereocenters. The van der Waals surface area contributed by atoms with Crippen molar-refractivity contribution >= 4 is 46.3 Å². The third-order valence-electron chi connectivity index (χ3n) is 4.87. The van der Waals surface area contributed by atoms with Gasteiger partial charge in [0.15, 0.2) is 0 Å². The number of benzene rings is 2. The number of carbonyl (C=O) groups excluding carboxylic acids is 2. The third kappa shape index (κ3) is 3.93. The Morgan fingerprint density at radius 3 is 2.46 bits per heavy atom.